The summed E-state index contributed by atoms with van der Waals surface area (Å²) in [6.45, 7) is 8.60. The maximum absolute atomic E-state index is 13.1. The van der Waals surface area contributed by atoms with Gasteiger partial charge in [-0.15, -0.1) is 0 Å². The molecule has 0 aromatic heterocycles. The SMILES string of the molecule is CCc1ccc(C(=O)N(Cc2ccc(OC)c(OS(=O)(=O)CC)c2)CC(C)C)cc1. The van der Waals surface area contributed by atoms with Crippen LogP contribution in [0, 0.1) is 5.92 Å². The number of carbonyl (C=O) groups is 1. The lowest BCUT2D eigenvalue weighted by atomic mass is 10.1. The Morgan fingerprint density at radius 3 is 2.17 bits per heavy atom. The first-order valence-corrected chi connectivity index (χ1v) is 11.7. The van der Waals surface area contributed by atoms with E-state index in [1.165, 1.54) is 19.6 Å². The molecule has 164 valence electrons. The van der Waals surface area contributed by atoms with Crippen molar-refractivity contribution in [3.63, 3.8) is 0 Å². The molecule has 7 heteroatoms. The number of hydrogen-bond acceptors (Lipinski definition) is 5. The van der Waals surface area contributed by atoms with E-state index in [1.54, 1.807) is 17.0 Å². The summed E-state index contributed by atoms with van der Waals surface area (Å²) in [6.07, 6.45) is 0.916. The molecule has 0 unspecified atom stereocenters. The van der Waals surface area contributed by atoms with Crippen LogP contribution in [0.4, 0.5) is 0 Å². The van der Waals surface area contributed by atoms with Crippen molar-refractivity contribution >= 4 is 16.0 Å². The van der Waals surface area contributed by atoms with Gasteiger partial charge in [-0.25, -0.2) is 0 Å². The first-order chi connectivity index (χ1) is 14.2. The minimum Gasteiger partial charge on any atom is -0.493 e. The summed E-state index contributed by atoms with van der Waals surface area (Å²) in [4.78, 5) is 14.9. The molecular formula is C23H31NO5S. The zero-order chi connectivity index (χ0) is 22.3. The van der Waals surface area contributed by atoms with Crippen LogP contribution in [0.5, 0.6) is 11.5 Å². The van der Waals surface area contributed by atoms with Crippen LogP contribution in [0.25, 0.3) is 0 Å². The normalized spacial score (nSPS) is 11.4. The van der Waals surface area contributed by atoms with E-state index in [9.17, 15) is 13.2 Å². The molecule has 0 radical (unpaired) electrons. The van der Waals surface area contributed by atoms with Crippen molar-refractivity contribution in [3.05, 3.63) is 59.2 Å². The average Bonchev–Trinajstić information content (AvgIpc) is 2.72. The molecule has 0 aliphatic rings. The molecule has 0 spiro atoms. The predicted molar refractivity (Wildman–Crippen MR) is 118 cm³/mol. The number of rotatable bonds is 10. The second-order valence-corrected chi connectivity index (χ2v) is 9.40. The Morgan fingerprint density at radius 1 is 1.00 bits per heavy atom. The van der Waals surface area contributed by atoms with Crippen LogP contribution in [0.2, 0.25) is 0 Å². The molecule has 0 bridgehead atoms. The first kappa shape index (κ1) is 23.7. The molecule has 2 aromatic rings. The van der Waals surface area contributed by atoms with Gasteiger partial charge < -0.3 is 13.8 Å². The van der Waals surface area contributed by atoms with Crippen LogP contribution in [0.3, 0.4) is 0 Å². The molecule has 30 heavy (non-hydrogen) atoms. The van der Waals surface area contributed by atoms with E-state index in [0.717, 1.165) is 12.0 Å². The zero-order valence-corrected chi connectivity index (χ0v) is 19.2. The van der Waals surface area contributed by atoms with Gasteiger partial charge in [-0.1, -0.05) is 39.0 Å². The van der Waals surface area contributed by atoms with Crippen molar-refractivity contribution in [1.82, 2.24) is 4.90 Å². The van der Waals surface area contributed by atoms with Gasteiger partial charge in [0.1, 0.15) is 0 Å². The number of hydrogen-bond donors (Lipinski definition) is 0. The number of ether oxygens (including phenoxy) is 1. The standard InChI is InChI=1S/C23H31NO5S/c1-6-18-8-11-20(12-9-18)23(25)24(15-17(3)4)16-19-10-13-21(28-5)22(14-19)29-30(26,27)7-2/h8-14,17H,6-7,15-16H2,1-5H3. The Balaban J connectivity index is 2.32. The molecule has 2 aromatic carbocycles. The van der Waals surface area contributed by atoms with Gasteiger partial charge in [0.05, 0.1) is 12.9 Å². The van der Waals surface area contributed by atoms with Crippen LogP contribution in [-0.2, 0) is 23.1 Å². The highest BCUT2D eigenvalue weighted by atomic mass is 32.2. The van der Waals surface area contributed by atoms with Gasteiger partial charge in [-0.2, -0.15) is 8.42 Å². The van der Waals surface area contributed by atoms with E-state index in [1.807, 2.05) is 30.3 Å². The highest BCUT2D eigenvalue weighted by Crippen LogP contribution is 2.30. The molecule has 0 heterocycles. The molecule has 1 amide bonds. The lowest BCUT2D eigenvalue weighted by Gasteiger charge is -2.25. The molecule has 0 N–H and O–H groups in total. The predicted octanol–water partition coefficient (Wildman–Crippen LogP) is 4.28. The van der Waals surface area contributed by atoms with Crippen LogP contribution in [0.1, 0.15) is 49.2 Å². The summed E-state index contributed by atoms with van der Waals surface area (Å²) in [5.41, 5.74) is 2.57. The van der Waals surface area contributed by atoms with Crippen LogP contribution >= 0.6 is 0 Å². The lowest BCUT2D eigenvalue weighted by Crippen LogP contribution is -2.33. The van der Waals surface area contributed by atoms with E-state index in [4.69, 9.17) is 8.92 Å². The summed E-state index contributed by atoms with van der Waals surface area (Å²) in [5.74, 6) is 0.518. The van der Waals surface area contributed by atoms with E-state index >= 15 is 0 Å². The fraction of sp³-hybridized carbons (Fsp3) is 0.435. The Kier molecular flexibility index (Phi) is 8.29. The van der Waals surface area contributed by atoms with E-state index in [2.05, 4.69) is 20.8 Å². The number of aryl methyl sites for hydroxylation is 1. The van der Waals surface area contributed by atoms with Crippen molar-refractivity contribution < 1.29 is 22.1 Å². The number of carbonyl (C=O) groups excluding carboxylic acids is 1. The maximum atomic E-state index is 13.1. The largest absolute Gasteiger partial charge is 0.493 e. The average molecular weight is 434 g/mol. The van der Waals surface area contributed by atoms with Gasteiger partial charge in [0.25, 0.3) is 5.91 Å². The monoisotopic (exact) mass is 433 g/mol. The van der Waals surface area contributed by atoms with E-state index < -0.39 is 10.1 Å². The molecule has 0 saturated carbocycles. The highest BCUT2D eigenvalue weighted by Gasteiger charge is 2.20. The van der Waals surface area contributed by atoms with Crippen molar-refractivity contribution in [2.24, 2.45) is 5.92 Å². The fourth-order valence-electron chi connectivity index (χ4n) is 3.03. The first-order valence-electron chi connectivity index (χ1n) is 10.2. The third-order valence-electron chi connectivity index (χ3n) is 4.65. The Hall–Kier alpha value is -2.54. The van der Waals surface area contributed by atoms with E-state index in [0.29, 0.717) is 24.4 Å². The molecule has 0 aliphatic heterocycles. The van der Waals surface area contributed by atoms with Gasteiger partial charge in [0.2, 0.25) is 0 Å². The Morgan fingerprint density at radius 2 is 1.63 bits per heavy atom. The molecule has 0 saturated heterocycles. The second kappa shape index (κ2) is 10.5. The highest BCUT2D eigenvalue weighted by molar-refractivity contribution is 7.87. The number of benzene rings is 2. The summed E-state index contributed by atoms with van der Waals surface area (Å²) < 4.78 is 34.3. The summed E-state index contributed by atoms with van der Waals surface area (Å²) in [5, 5.41) is 0. The molecule has 0 fully saturated rings. The van der Waals surface area contributed by atoms with Crippen molar-refractivity contribution in [2.45, 2.75) is 40.7 Å². The molecule has 6 nitrogen and oxygen atoms in total. The van der Waals surface area contributed by atoms with Gasteiger partial charge in [0.15, 0.2) is 11.5 Å². The maximum Gasteiger partial charge on any atom is 0.309 e. The van der Waals surface area contributed by atoms with Crippen LogP contribution < -0.4 is 8.92 Å². The lowest BCUT2D eigenvalue weighted by molar-refractivity contribution is 0.0722. The van der Waals surface area contributed by atoms with Crippen molar-refractivity contribution in [1.29, 1.82) is 0 Å². The molecule has 0 atom stereocenters. The third-order valence-corrected chi connectivity index (χ3v) is 5.79. The van der Waals surface area contributed by atoms with Gasteiger partial charge in [-0.05, 0) is 54.7 Å². The van der Waals surface area contributed by atoms with Crippen molar-refractivity contribution in [3.8, 4) is 11.5 Å². The number of nitrogens with zero attached hydrogens (tertiary/aromatic N) is 1. The zero-order valence-electron chi connectivity index (χ0n) is 18.3. The van der Waals surface area contributed by atoms with Crippen LogP contribution in [-0.4, -0.2) is 38.6 Å². The fourth-order valence-corrected chi connectivity index (χ4v) is 3.55. The topological polar surface area (TPSA) is 72.9 Å². The number of methoxy groups -OCH3 is 1. The van der Waals surface area contributed by atoms with Crippen LogP contribution in [0.15, 0.2) is 42.5 Å². The molecular weight excluding hydrogens is 402 g/mol. The van der Waals surface area contributed by atoms with Gasteiger partial charge >= 0.3 is 10.1 Å². The minimum absolute atomic E-state index is 0.0641. The summed E-state index contributed by atoms with van der Waals surface area (Å²) in [6, 6.07) is 12.7. The molecule has 2 rings (SSSR count). The number of amides is 1. The van der Waals surface area contributed by atoms with E-state index in [-0.39, 0.29) is 23.3 Å². The van der Waals surface area contributed by atoms with Gasteiger partial charge in [0, 0.05) is 18.7 Å². The van der Waals surface area contributed by atoms with Gasteiger partial charge in [-0.3, -0.25) is 4.79 Å². The third kappa shape index (κ3) is 6.49. The Labute approximate surface area is 179 Å². The second-order valence-electron chi connectivity index (χ2n) is 7.54. The molecule has 0 aliphatic carbocycles. The summed E-state index contributed by atoms with van der Waals surface area (Å²) in [7, 11) is -2.24. The van der Waals surface area contributed by atoms with Crippen molar-refractivity contribution in [2.75, 3.05) is 19.4 Å². The minimum atomic E-state index is -3.70. The quantitative estimate of drug-likeness (QED) is 0.523. The summed E-state index contributed by atoms with van der Waals surface area (Å²) >= 11 is 0. The Bertz CT molecular complexity index is 952. The smallest absolute Gasteiger partial charge is 0.309 e.